The van der Waals surface area contributed by atoms with Gasteiger partial charge in [-0.2, -0.15) is 0 Å². The lowest BCUT2D eigenvalue weighted by molar-refractivity contribution is -0.133. The maximum absolute atomic E-state index is 11.6. The predicted molar refractivity (Wildman–Crippen MR) is 83.4 cm³/mol. The summed E-state index contributed by atoms with van der Waals surface area (Å²) in [4.78, 5) is 11.6. The highest BCUT2D eigenvalue weighted by Crippen LogP contribution is 2.39. The number of para-hydroxylation sites is 1. The van der Waals surface area contributed by atoms with Crippen LogP contribution in [0.15, 0.2) is 48.0 Å². The SMILES string of the molecule is COc1cc(C2Oc3ccccc3C=C2C(=O)O)ccc1Cl. The third-order valence-corrected chi connectivity index (χ3v) is 3.79. The molecule has 0 fully saturated rings. The number of hydrogen-bond donors (Lipinski definition) is 1. The number of carboxylic acids is 1. The monoisotopic (exact) mass is 316 g/mol. The molecule has 0 aromatic heterocycles. The molecule has 2 aromatic carbocycles. The molecule has 0 bridgehead atoms. The maximum Gasteiger partial charge on any atom is 0.335 e. The normalized spacial score (nSPS) is 16.3. The molecule has 1 aliphatic rings. The lowest BCUT2D eigenvalue weighted by Gasteiger charge is -2.26. The van der Waals surface area contributed by atoms with Crippen molar-refractivity contribution >= 4 is 23.6 Å². The summed E-state index contributed by atoms with van der Waals surface area (Å²) in [5, 5.41) is 9.93. The molecular weight excluding hydrogens is 304 g/mol. The van der Waals surface area contributed by atoms with E-state index in [1.807, 2.05) is 24.3 Å². The summed E-state index contributed by atoms with van der Waals surface area (Å²) < 4.78 is 11.1. The average Bonchev–Trinajstić information content (AvgIpc) is 2.54. The van der Waals surface area contributed by atoms with E-state index in [1.165, 1.54) is 7.11 Å². The van der Waals surface area contributed by atoms with Crippen molar-refractivity contribution in [3.63, 3.8) is 0 Å². The van der Waals surface area contributed by atoms with Crippen LogP contribution in [0.5, 0.6) is 11.5 Å². The molecule has 1 atom stereocenters. The number of carboxylic acid groups (broad SMARTS) is 1. The highest BCUT2D eigenvalue weighted by molar-refractivity contribution is 6.32. The lowest BCUT2D eigenvalue weighted by atomic mass is 9.96. The minimum atomic E-state index is -1.02. The molecule has 0 saturated carbocycles. The summed E-state index contributed by atoms with van der Waals surface area (Å²) in [6, 6.07) is 12.4. The average molecular weight is 317 g/mol. The molecule has 0 aliphatic carbocycles. The Hall–Kier alpha value is -2.46. The first-order valence-corrected chi connectivity index (χ1v) is 7.02. The van der Waals surface area contributed by atoms with Crippen LogP contribution in [0.2, 0.25) is 5.02 Å². The zero-order valence-electron chi connectivity index (χ0n) is 11.7. The maximum atomic E-state index is 11.6. The summed E-state index contributed by atoms with van der Waals surface area (Å²) in [5.74, 6) is 0.103. The molecule has 112 valence electrons. The summed E-state index contributed by atoms with van der Waals surface area (Å²) in [6.07, 6.45) is 0.922. The van der Waals surface area contributed by atoms with Crippen molar-refractivity contribution in [2.45, 2.75) is 6.10 Å². The van der Waals surface area contributed by atoms with Crippen LogP contribution in [0.3, 0.4) is 0 Å². The molecule has 1 heterocycles. The quantitative estimate of drug-likeness (QED) is 0.931. The molecular formula is C17H13ClO4. The van der Waals surface area contributed by atoms with E-state index in [1.54, 1.807) is 24.3 Å². The molecule has 2 aromatic rings. The first kappa shape index (κ1) is 14.5. The van der Waals surface area contributed by atoms with Gasteiger partial charge in [-0.25, -0.2) is 4.79 Å². The molecule has 0 saturated heterocycles. The van der Waals surface area contributed by atoms with Gasteiger partial charge in [0.2, 0.25) is 0 Å². The standard InChI is InChI=1S/C17H13ClO4/c1-21-15-9-11(6-7-13(15)18)16-12(17(19)20)8-10-4-2-3-5-14(10)22-16/h2-9,16H,1H3,(H,19,20). The van der Waals surface area contributed by atoms with E-state index in [9.17, 15) is 9.90 Å². The van der Waals surface area contributed by atoms with Gasteiger partial charge in [0.05, 0.1) is 17.7 Å². The number of fused-ring (bicyclic) bond motifs is 1. The van der Waals surface area contributed by atoms with Gasteiger partial charge in [0.15, 0.2) is 6.10 Å². The number of methoxy groups -OCH3 is 1. The van der Waals surface area contributed by atoms with E-state index in [0.29, 0.717) is 22.1 Å². The van der Waals surface area contributed by atoms with Crippen molar-refractivity contribution in [2.75, 3.05) is 7.11 Å². The number of hydrogen-bond acceptors (Lipinski definition) is 3. The van der Waals surface area contributed by atoms with Gasteiger partial charge in [-0.05, 0) is 24.3 Å². The molecule has 1 unspecified atom stereocenters. The van der Waals surface area contributed by atoms with Crippen molar-refractivity contribution in [1.82, 2.24) is 0 Å². The van der Waals surface area contributed by atoms with E-state index in [4.69, 9.17) is 21.1 Å². The van der Waals surface area contributed by atoms with Crippen LogP contribution >= 0.6 is 11.6 Å². The fourth-order valence-corrected chi connectivity index (χ4v) is 2.60. The Bertz CT molecular complexity index is 767. The van der Waals surface area contributed by atoms with Crippen LogP contribution in [0.4, 0.5) is 0 Å². The minimum absolute atomic E-state index is 0.170. The second-order valence-corrected chi connectivity index (χ2v) is 5.24. The van der Waals surface area contributed by atoms with Gasteiger partial charge in [-0.1, -0.05) is 35.9 Å². The highest BCUT2D eigenvalue weighted by atomic mass is 35.5. The molecule has 1 aliphatic heterocycles. The molecule has 0 spiro atoms. The summed E-state index contributed by atoms with van der Waals surface area (Å²) in [7, 11) is 1.51. The highest BCUT2D eigenvalue weighted by Gasteiger charge is 2.29. The van der Waals surface area contributed by atoms with Gasteiger partial charge in [-0.3, -0.25) is 0 Å². The third-order valence-electron chi connectivity index (χ3n) is 3.48. The van der Waals surface area contributed by atoms with Gasteiger partial charge in [0.1, 0.15) is 11.5 Å². The van der Waals surface area contributed by atoms with Crippen LogP contribution in [0.25, 0.3) is 6.08 Å². The topological polar surface area (TPSA) is 55.8 Å². The van der Waals surface area contributed by atoms with Crippen molar-refractivity contribution < 1.29 is 19.4 Å². The van der Waals surface area contributed by atoms with Crippen LogP contribution in [-0.4, -0.2) is 18.2 Å². The number of ether oxygens (including phenoxy) is 2. The van der Waals surface area contributed by atoms with Gasteiger partial charge in [-0.15, -0.1) is 0 Å². The fourth-order valence-electron chi connectivity index (χ4n) is 2.40. The first-order valence-electron chi connectivity index (χ1n) is 6.64. The van der Waals surface area contributed by atoms with E-state index in [-0.39, 0.29) is 5.57 Å². The Morgan fingerprint density at radius 2 is 2.05 bits per heavy atom. The van der Waals surface area contributed by atoms with Crippen molar-refractivity contribution in [2.24, 2.45) is 0 Å². The Morgan fingerprint density at radius 3 is 2.77 bits per heavy atom. The van der Waals surface area contributed by atoms with Gasteiger partial charge in [0.25, 0.3) is 0 Å². The van der Waals surface area contributed by atoms with E-state index in [0.717, 1.165) is 5.56 Å². The van der Waals surface area contributed by atoms with E-state index < -0.39 is 12.1 Å². The zero-order valence-corrected chi connectivity index (χ0v) is 12.5. The fraction of sp³-hybridized carbons (Fsp3) is 0.118. The number of aliphatic carboxylic acids is 1. The summed E-state index contributed by atoms with van der Waals surface area (Å²) in [5.41, 5.74) is 1.59. The molecule has 3 rings (SSSR count). The molecule has 22 heavy (non-hydrogen) atoms. The van der Waals surface area contributed by atoms with Crippen LogP contribution in [0, 0.1) is 0 Å². The van der Waals surface area contributed by atoms with Crippen molar-refractivity contribution in [3.05, 3.63) is 64.2 Å². The second-order valence-electron chi connectivity index (χ2n) is 4.83. The van der Waals surface area contributed by atoms with Crippen molar-refractivity contribution in [1.29, 1.82) is 0 Å². The molecule has 1 N–H and O–H groups in total. The number of halogens is 1. The Kier molecular flexibility index (Phi) is 3.77. The number of carbonyl (C=O) groups is 1. The van der Waals surface area contributed by atoms with E-state index >= 15 is 0 Å². The largest absolute Gasteiger partial charge is 0.495 e. The van der Waals surface area contributed by atoms with Crippen LogP contribution in [0.1, 0.15) is 17.2 Å². The van der Waals surface area contributed by atoms with Gasteiger partial charge < -0.3 is 14.6 Å². The molecule has 0 amide bonds. The Balaban J connectivity index is 2.09. The predicted octanol–water partition coefficient (Wildman–Crippen LogP) is 3.95. The minimum Gasteiger partial charge on any atom is -0.495 e. The molecule has 5 heteroatoms. The first-order chi connectivity index (χ1) is 10.6. The second kappa shape index (κ2) is 5.73. The Labute approximate surface area is 132 Å². The number of benzene rings is 2. The summed E-state index contributed by atoms with van der Waals surface area (Å²) in [6.45, 7) is 0. The zero-order chi connectivity index (χ0) is 15.7. The van der Waals surface area contributed by atoms with Crippen molar-refractivity contribution in [3.8, 4) is 11.5 Å². The third kappa shape index (κ3) is 2.53. The molecule has 0 radical (unpaired) electrons. The molecule has 4 nitrogen and oxygen atoms in total. The lowest BCUT2D eigenvalue weighted by Crippen LogP contribution is -2.20. The van der Waals surface area contributed by atoms with Gasteiger partial charge >= 0.3 is 5.97 Å². The van der Waals surface area contributed by atoms with Crippen LogP contribution < -0.4 is 9.47 Å². The smallest absolute Gasteiger partial charge is 0.335 e. The van der Waals surface area contributed by atoms with Gasteiger partial charge in [0, 0.05) is 11.1 Å². The Morgan fingerprint density at radius 1 is 1.27 bits per heavy atom. The number of rotatable bonds is 3. The summed E-state index contributed by atoms with van der Waals surface area (Å²) >= 11 is 6.02. The van der Waals surface area contributed by atoms with E-state index in [2.05, 4.69) is 0 Å². The van der Waals surface area contributed by atoms with Crippen LogP contribution in [-0.2, 0) is 4.79 Å².